The Morgan fingerprint density at radius 3 is 2.75 bits per heavy atom. The van der Waals surface area contributed by atoms with Gasteiger partial charge in [0.1, 0.15) is 0 Å². The van der Waals surface area contributed by atoms with Crippen LogP contribution >= 0.6 is 0 Å². The summed E-state index contributed by atoms with van der Waals surface area (Å²) in [7, 11) is 0. The smallest absolute Gasteiger partial charge is 0.331 e. The van der Waals surface area contributed by atoms with Gasteiger partial charge >= 0.3 is 5.97 Å². The van der Waals surface area contributed by atoms with Gasteiger partial charge in [-0.15, -0.1) is 0 Å². The molecule has 1 aliphatic carbocycles. The van der Waals surface area contributed by atoms with E-state index in [1.54, 1.807) is 6.92 Å². The zero-order valence-electron chi connectivity index (χ0n) is 7.76. The predicted octanol–water partition coefficient (Wildman–Crippen LogP) is 2.60. The molecular formula is C10H16O2. The molecule has 0 heterocycles. The second-order valence-corrected chi connectivity index (χ2v) is 3.74. The minimum absolute atomic E-state index is 0.571. The van der Waals surface area contributed by atoms with E-state index in [9.17, 15) is 4.79 Å². The molecule has 68 valence electrons. The van der Waals surface area contributed by atoms with E-state index in [0.717, 1.165) is 24.8 Å². The third-order valence-electron chi connectivity index (χ3n) is 2.62. The molecule has 0 amide bonds. The van der Waals surface area contributed by atoms with Gasteiger partial charge in [-0.3, -0.25) is 0 Å². The number of rotatable bonds is 1. The van der Waals surface area contributed by atoms with Crippen LogP contribution in [0.25, 0.3) is 0 Å². The molecule has 1 rings (SSSR count). The first-order valence-electron chi connectivity index (χ1n) is 4.53. The van der Waals surface area contributed by atoms with E-state index < -0.39 is 5.97 Å². The molecule has 0 saturated heterocycles. The SMILES string of the molecule is C/C(C(=O)O)=C1\CCCC(C)C1. The average Bonchev–Trinajstić information content (AvgIpc) is 2.03. The summed E-state index contributed by atoms with van der Waals surface area (Å²) >= 11 is 0. The fraction of sp³-hybridized carbons (Fsp3) is 0.700. The highest BCUT2D eigenvalue weighted by molar-refractivity contribution is 5.86. The molecule has 1 N–H and O–H groups in total. The van der Waals surface area contributed by atoms with Crippen LogP contribution in [-0.2, 0) is 4.79 Å². The normalized spacial score (nSPS) is 28.3. The predicted molar refractivity (Wildman–Crippen MR) is 48.0 cm³/mol. The van der Waals surface area contributed by atoms with Crippen molar-refractivity contribution >= 4 is 5.97 Å². The van der Waals surface area contributed by atoms with Crippen molar-refractivity contribution in [2.24, 2.45) is 5.92 Å². The third-order valence-corrected chi connectivity index (χ3v) is 2.62. The third kappa shape index (κ3) is 2.10. The van der Waals surface area contributed by atoms with E-state index in [0.29, 0.717) is 11.5 Å². The van der Waals surface area contributed by atoms with Crippen molar-refractivity contribution in [2.45, 2.75) is 39.5 Å². The summed E-state index contributed by atoms with van der Waals surface area (Å²) in [6.45, 7) is 3.91. The van der Waals surface area contributed by atoms with Gasteiger partial charge in [-0.1, -0.05) is 18.9 Å². The summed E-state index contributed by atoms with van der Waals surface area (Å²) in [5.74, 6) is -0.0813. The lowest BCUT2D eigenvalue weighted by atomic mass is 9.84. The molecule has 1 fully saturated rings. The zero-order valence-corrected chi connectivity index (χ0v) is 7.76. The standard InChI is InChI=1S/C10H16O2/c1-7-4-3-5-9(6-7)8(2)10(11)12/h7H,3-6H2,1-2H3,(H,11,12)/b9-8-. The largest absolute Gasteiger partial charge is 0.478 e. The van der Waals surface area contributed by atoms with Gasteiger partial charge in [0.05, 0.1) is 0 Å². The Morgan fingerprint density at radius 1 is 1.58 bits per heavy atom. The molecule has 0 aromatic carbocycles. The second-order valence-electron chi connectivity index (χ2n) is 3.74. The molecular weight excluding hydrogens is 152 g/mol. The minimum Gasteiger partial charge on any atom is -0.478 e. The van der Waals surface area contributed by atoms with Gasteiger partial charge in [0.25, 0.3) is 0 Å². The van der Waals surface area contributed by atoms with Crippen LogP contribution in [0.2, 0.25) is 0 Å². The van der Waals surface area contributed by atoms with Crippen molar-refractivity contribution in [2.75, 3.05) is 0 Å². The van der Waals surface area contributed by atoms with Gasteiger partial charge in [0.2, 0.25) is 0 Å². The molecule has 2 heteroatoms. The summed E-state index contributed by atoms with van der Waals surface area (Å²) < 4.78 is 0. The highest BCUT2D eigenvalue weighted by atomic mass is 16.4. The van der Waals surface area contributed by atoms with E-state index in [2.05, 4.69) is 6.92 Å². The van der Waals surface area contributed by atoms with Gasteiger partial charge in [0.15, 0.2) is 0 Å². The Labute approximate surface area is 73.3 Å². The maximum atomic E-state index is 10.6. The number of carboxylic acids is 1. The van der Waals surface area contributed by atoms with Crippen molar-refractivity contribution in [3.8, 4) is 0 Å². The fourth-order valence-electron chi connectivity index (χ4n) is 1.78. The van der Waals surface area contributed by atoms with Crippen molar-refractivity contribution in [3.63, 3.8) is 0 Å². The summed E-state index contributed by atoms with van der Waals surface area (Å²) in [5.41, 5.74) is 1.72. The van der Waals surface area contributed by atoms with Gasteiger partial charge in [0, 0.05) is 5.57 Å². The van der Waals surface area contributed by atoms with E-state index >= 15 is 0 Å². The van der Waals surface area contributed by atoms with E-state index in [-0.39, 0.29) is 0 Å². The van der Waals surface area contributed by atoms with Gasteiger partial charge < -0.3 is 5.11 Å². The number of carbonyl (C=O) groups is 1. The highest BCUT2D eigenvalue weighted by Crippen LogP contribution is 2.29. The summed E-state index contributed by atoms with van der Waals surface area (Å²) in [6.07, 6.45) is 4.37. The minimum atomic E-state index is -0.751. The van der Waals surface area contributed by atoms with Crippen molar-refractivity contribution in [1.82, 2.24) is 0 Å². The molecule has 1 unspecified atom stereocenters. The second kappa shape index (κ2) is 3.74. The van der Waals surface area contributed by atoms with Crippen LogP contribution in [0.4, 0.5) is 0 Å². The van der Waals surface area contributed by atoms with Gasteiger partial charge in [-0.25, -0.2) is 4.79 Å². The molecule has 1 saturated carbocycles. The average molecular weight is 168 g/mol. The Bertz CT molecular complexity index is 216. The summed E-state index contributed by atoms with van der Waals surface area (Å²) in [5, 5.41) is 8.76. The van der Waals surface area contributed by atoms with Crippen molar-refractivity contribution in [1.29, 1.82) is 0 Å². The van der Waals surface area contributed by atoms with Crippen LogP contribution in [-0.4, -0.2) is 11.1 Å². The van der Waals surface area contributed by atoms with Crippen LogP contribution in [0.1, 0.15) is 39.5 Å². The topological polar surface area (TPSA) is 37.3 Å². The summed E-state index contributed by atoms with van der Waals surface area (Å²) in [6, 6.07) is 0. The molecule has 0 spiro atoms. The number of carboxylic acid groups (broad SMARTS) is 1. The molecule has 1 aliphatic rings. The molecule has 1 atom stereocenters. The molecule has 0 aliphatic heterocycles. The monoisotopic (exact) mass is 168 g/mol. The number of hydrogen-bond donors (Lipinski definition) is 1. The number of allylic oxidation sites excluding steroid dienone is 1. The Hall–Kier alpha value is -0.790. The molecule has 2 nitrogen and oxygen atoms in total. The van der Waals surface area contributed by atoms with Crippen LogP contribution in [0, 0.1) is 5.92 Å². The Morgan fingerprint density at radius 2 is 2.25 bits per heavy atom. The molecule has 0 aromatic heterocycles. The Kier molecular flexibility index (Phi) is 2.90. The Balaban J connectivity index is 2.72. The zero-order chi connectivity index (χ0) is 9.14. The van der Waals surface area contributed by atoms with Crippen molar-refractivity contribution in [3.05, 3.63) is 11.1 Å². The lowest BCUT2D eigenvalue weighted by Crippen LogP contribution is -2.09. The van der Waals surface area contributed by atoms with E-state index in [1.165, 1.54) is 6.42 Å². The quantitative estimate of drug-likeness (QED) is 0.611. The number of aliphatic carboxylic acids is 1. The lowest BCUT2D eigenvalue weighted by Gasteiger charge is -2.21. The first-order chi connectivity index (χ1) is 5.61. The van der Waals surface area contributed by atoms with E-state index in [1.807, 2.05) is 0 Å². The molecule has 0 aromatic rings. The van der Waals surface area contributed by atoms with Crippen LogP contribution in [0.15, 0.2) is 11.1 Å². The number of hydrogen-bond acceptors (Lipinski definition) is 1. The summed E-state index contributed by atoms with van der Waals surface area (Å²) in [4.78, 5) is 10.6. The first kappa shape index (κ1) is 9.30. The van der Waals surface area contributed by atoms with Crippen LogP contribution in [0.5, 0.6) is 0 Å². The molecule has 12 heavy (non-hydrogen) atoms. The van der Waals surface area contributed by atoms with Crippen LogP contribution < -0.4 is 0 Å². The van der Waals surface area contributed by atoms with E-state index in [4.69, 9.17) is 5.11 Å². The molecule has 0 bridgehead atoms. The van der Waals surface area contributed by atoms with Crippen LogP contribution in [0.3, 0.4) is 0 Å². The highest BCUT2D eigenvalue weighted by Gasteiger charge is 2.16. The maximum absolute atomic E-state index is 10.6. The maximum Gasteiger partial charge on any atom is 0.331 e. The molecule has 0 radical (unpaired) electrons. The van der Waals surface area contributed by atoms with Gasteiger partial charge in [-0.2, -0.15) is 0 Å². The van der Waals surface area contributed by atoms with Gasteiger partial charge in [-0.05, 0) is 32.1 Å². The fourth-order valence-corrected chi connectivity index (χ4v) is 1.78. The first-order valence-corrected chi connectivity index (χ1v) is 4.53. The lowest BCUT2D eigenvalue weighted by molar-refractivity contribution is -0.132. The van der Waals surface area contributed by atoms with Crippen molar-refractivity contribution < 1.29 is 9.90 Å².